The van der Waals surface area contributed by atoms with Crippen molar-refractivity contribution in [1.82, 2.24) is 10.2 Å². The van der Waals surface area contributed by atoms with Crippen LogP contribution in [0.5, 0.6) is 0 Å². The molecule has 2 aliphatic heterocycles. The lowest BCUT2D eigenvalue weighted by molar-refractivity contribution is 0.207. The zero-order valence-electron chi connectivity index (χ0n) is 11.7. The summed E-state index contributed by atoms with van der Waals surface area (Å²) < 4.78 is 13.0. The van der Waals surface area contributed by atoms with Crippen molar-refractivity contribution in [2.75, 3.05) is 32.7 Å². The highest BCUT2D eigenvalue weighted by Crippen LogP contribution is 2.32. The Morgan fingerprint density at radius 3 is 2.84 bits per heavy atom. The van der Waals surface area contributed by atoms with E-state index in [9.17, 15) is 4.39 Å². The van der Waals surface area contributed by atoms with Gasteiger partial charge in [0, 0.05) is 19.6 Å². The van der Waals surface area contributed by atoms with Gasteiger partial charge in [0.15, 0.2) is 0 Å². The largest absolute Gasteiger partial charge is 0.316 e. The van der Waals surface area contributed by atoms with Crippen molar-refractivity contribution in [2.24, 2.45) is 5.41 Å². The van der Waals surface area contributed by atoms with Gasteiger partial charge in [-0.25, -0.2) is 4.39 Å². The summed E-state index contributed by atoms with van der Waals surface area (Å²) in [6, 6.07) is 7.06. The average molecular weight is 262 g/mol. The number of rotatable bonds is 3. The van der Waals surface area contributed by atoms with Crippen LogP contribution in [0.15, 0.2) is 24.3 Å². The standard InChI is InChI=1S/C16H23FN2/c1-16(7-8-18-11-16)12-19-9-6-14(10-19)13-2-4-15(17)5-3-13/h2-5,14,18H,6-12H2,1H3. The molecule has 2 saturated heterocycles. The summed E-state index contributed by atoms with van der Waals surface area (Å²) in [5, 5.41) is 3.47. The monoisotopic (exact) mass is 262 g/mol. The van der Waals surface area contributed by atoms with E-state index >= 15 is 0 Å². The molecule has 0 aliphatic carbocycles. The highest BCUT2D eigenvalue weighted by Gasteiger charge is 2.33. The highest BCUT2D eigenvalue weighted by molar-refractivity contribution is 5.22. The lowest BCUT2D eigenvalue weighted by Crippen LogP contribution is -2.36. The molecule has 104 valence electrons. The van der Waals surface area contributed by atoms with Crippen molar-refractivity contribution in [3.63, 3.8) is 0 Å². The maximum atomic E-state index is 13.0. The average Bonchev–Trinajstić information content (AvgIpc) is 3.00. The molecule has 19 heavy (non-hydrogen) atoms. The summed E-state index contributed by atoms with van der Waals surface area (Å²) in [5.41, 5.74) is 1.73. The molecule has 1 aromatic rings. The number of benzene rings is 1. The van der Waals surface area contributed by atoms with Crippen LogP contribution in [0.2, 0.25) is 0 Å². The second kappa shape index (κ2) is 5.22. The van der Waals surface area contributed by atoms with Crippen molar-refractivity contribution in [3.05, 3.63) is 35.6 Å². The molecule has 1 aromatic carbocycles. The fourth-order valence-electron chi connectivity index (χ4n) is 3.53. The third-order valence-electron chi connectivity index (χ3n) is 4.68. The first-order valence-corrected chi connectivity index (χ1v) is 7.33. The van der Waals surface area contributed by atoms with Crippen LogP contribution in [0, 0.1) is 11.2 Å². The van der Waals surface area contributed by atoms with Gasteiger partial charge in [-0.15, -0.1) is 0 Å². The third kappa shape index (κ3) is 2.98. The molecule has 0 amide bonds. The molecule has 0 spiro atoms. The summed E-state index contributed by atoms with van der Waals surface area (Å²) in [6.45, 7) is 8.19. The quantitative estimate of drug-likeness (QED) is 0.901. The summed E-state index contributed by atoms with van der Waals surface area (Å²) >= 11 is 0. The predicted molar refractivity (Wildman–Crippen MR) is 75.8 cm³/mol. The maximum absolute atomic E-state index is 13.0. The van der Waals surface area contributed by atoms with Gasteiger partial charge in [0.2, 0.25) is 0 Å². The minimum atomic E-state index is -0.136. The first-order valence-electron chi connectivity index (χ1n) is 7.33. The molecule has 2 unspecified atom stereocenters. The molecule has 2 atom stereocenters. The van der Waals surface area contributed by atoms with Gasteiger partial charge in [-0.2, -0.15) is 0 Å². The molecule has 0 bridgehead atoms. The summed E-state index contributed by atoms with van der Waals surface area (Å²) in [7, 11) is 0. The Hall–Kier alpha value is -0.930. The Morgan fingerprint density at radius 2 is 2.16 bits per heavy atom. The Bertz CT molecular complexity index is 423. The zero-order valence-corrected chi connectivity index (χ0v) is 11.7. The van der Waals surface area contributed by atoms with E-state index in [2.05, 4.69) is 17.1 Å². The molecule has 3 rings (SSSR count). The van der Waals surface area contributed by atoms with E-state index in [-0.39, 0.29) is 5.82 Å². The fraction of sp³-hybridized carbons (Fsp3) is 0.625. The second-order valence-corrected chi connectivity index (χ2v) is 6.51. The molecule has 2 heterocycles. The van der Waals surface area contributed by atoms with Gasteiger partial charge < -0.3 is 10.2 Å². The summed E-state index contributed by atoms with van der Waals surface area (Å²) in [6.07, 6.45) is 2.49. The molecule has 0 aromatic heterocycles. The van der Waals surface area contributed by atoms with Crippen molar-refractivity contribution in [3.8, 4) is 0 Å². The van der Waals surface area contributed by atoms with Gasteiger partial charge in [-0.05, 0) is 55.0 Å². The Labute approximate surface area is 115 Å². The fourth-order valence-corrected chi connectivity index (χ4v) is 3.53. The van der Waals surface area contributed by atoms with Crippen LogP contribution in [0.3, 0.4) is 0 Å². The lowest BCUT2D eigenvalue weighted by Gasteiger charge is -2.29. The van der Waals surface area contributed by atoms with Crippen LogP contribution in [-0.2, 0) is 0 Å². The van der Waals surface area contributed by atoms with E-state index in [0.717, 1.165) is 19.6 Å². The van der Waals surface area contributed by atoms with Gasteiger partial charge in [0.25, 0.3) is 0 Å². The normalized spacial score (nSPS) is 32.0. The van der Waals surface area contributed by atoms with Gasteiger partial charge in [-0.3, -0.25) is 0 Å². The van der Waals surface area contributed by atoms with Crippen LogP contribution in [0.1, 0.15) is 31.2 Å². The van der Waals surface area contributed by atoms with Crippen LogP contribution < -0.4 is 5.32 Å². The van der Waals surface area contributed by atoms with Crippen molar-refractivity contribution < 1.29 is 4.39 Å². The molecule has 2 nitrogen and oxygen atoms in total. The molecule has 2 aliphatic rings. The van der Waals surface area contributed by atoms with Crippen molar-refractivity contribution in [2.45, 2.75) is 25.7 Å². The highest BCUT2D eigenvalue weighted by atomic mass is 19.1. The first kappa shape index (κ1) is 13.1. The predicted octanol–water partition coefficient (Wildman–Crippen LogP) is 2.61. The Morgan fingerprint density at radius 1 is 1.37 bits per heavy atom. The van der Waals surface area contributed by atoms with Crippen LogP contribution in [-0.4, -0.2) is 37.6 Å². The minimum absolute atomic E-state index is 0.136. The molecule has 0 saturated carbocycles. The van der Waals surface area contributed by atoms with Gasteiger partial charge in [0.05, 0.1) is 0 Å². The van der Waals surface area contributed by atoms with E-state index in [1.165, 1.54) is 31.5 Å². The molecular formula is C16H23FN2. The van der Waals surface area contributed by atoms with Gasteiger partial charge in [-0.1, -0.05) is 19.1 Å². The van der Waals surface area contributed by atoms with Crippen molar-refractivity contribution in [1.29, 1.82) is 0 Å². The number of hydrogen-bond donors (Lipinski definition) is 1. The zero-order chi connectivity index (χ0) is 13.3. The first-order chi connectivity index (χ1) is 9.15. The van der Waals surface area contributed by atoms with E-state index in [1.54, 1.807) is 12.1 Å². The number of likely N-dealkylation sites (tertiary alicyclic amines) is 1. The SMILES string of the molecule is CC1(CN2CCC(c3ccc(F)cc3)C2)CCNC1. The summed E-state index contributed by atoms with van der Waals surface area (Å²) in [5.74, 6) is 0.446. The van der Waals surface area contributed by atoms with Crippen molar-refractivity contribution >= 4 is 0 Å². The Kier molecular flexibility index (Phi) is 3.59. The second-order valence-electron chi connectivity index (χ2n) is 6.51. The minimum Gasteiger partial charge on any atom is -0.316 e. The van der Waals surface area contributed by atoms with Crippen LogP contribution in [0.25, 0.3) is 0 Å². The van der Waals surface area contributed by atoms with E-state index < -0.39 is 0 Å². The summed E-state index contributed by atoms with van der Waals surface area (Å²) in [4.78, 5) is 2.58. The number of nitrogens with zero attached hydrogens (tertiary/aromatic N) is 1. The van der Waals surface area contributed by atoms with E-state index in [4.69, 9.17) is 0 Å². The number of nitrogens with one attached hydrogen (secondary N) is 1. The molecule has 2 fully saturated rings. The Balaban J connectivity index is 1.59. The van der Waals surface area contributed by atoms with Gasteiger partial charge >= 0.3 is 0 Å². The van der Waals surface area contributed by atoms with Crippen LogP contribution >= 0.6 is 0 Å². The third-order valence-corrected chi connectivity index (χ3v) is 4.68. The molecular weight excluding hydrogens is 239 g/mol. The smallest absolute Gasteiger partial charge is 0.123 e. The molecule has 1 N–H and O–H groups in total. The lowest BCUT2D eigenvalue weighted by atomic mass is 9.89. The van der Waals surface area contributed by atoms with Gasteiger partial charge in [0.1, 0.15) is 5.82 Å². The molecule has 3 heteroatoms. The molecule has 0 radical (unpaired) electrons. The van der Waals surface area contributed by atoms with E-state index in [1.807, 2.05) is 12.1 Å². The number of halogens is 1. The topological polar surface area (TPSA) is 15.3 Å². The van der Waals surface area contributed by atoms with Crippen LogP contribution in [0.4, 0.5) is 4.39 Å². The maximum Gasteiger partial charge on any atom is 0.123 e. The number of hydrogen-bond acceptors (Lipinski definition) is 2. The van der Waals surface area contributed by atoms with E-state index in [0.29, 0.717) is 11.3 Å².